The Balaban J connectivity index is 2.07. The smallest absolute Gasteiger partial charge is 0.0258 e. The second kappa shape index (κ2) is 7.12. The van der Waals surface area contributed by atoms with Crippen molar-refractivity contribution in [1.82, 2.24) is 0 Å². The summed E-state index contributed by atoms with van der Waals surface area (Å²) in [6, 6.07) is 17.1. The molecule has 100 valence electrons. The average Bonchev–Trinajstić information content (AvgIpc) is 2.40. The molecule has 19 heavy (non-hydrogen) atoms. The first kappa shape index (κ1) is 14.6. The summed E-state index contributed by atoms with van der Waals surface area (Å²) in [5.74, 6) is 1.16. The first-order chi connectivity index (χ1) is 9.19. The van der Waals surface area contributed by atoms with Crippen LogP contribution in [-0.4, -0.2) is 5.88 Å². The van der Waals surface area contributed by atoms with Gasteiger partial charge in [0, 0.05) is 10.4 Å². The van der Waals surface area contributed by atoms with E-state index >= 15 is 0 Å². The predicted octanol–water partition coefficient (Wildman–Crippen LogP) is 5.40. The molecule has 0 saturated heterocycles. The molecule has 1 unspecified atom stereocenters. The summed E-state index contributed by atoms with van der Waals surface area (Å²) in [4.78, 5) is 0. The largest absolute Gasteiger partial charge is 0.126 e. The van der Waals surface area contributed by atoms with Gasteiger partial charge >= 0.3 is 0 Å². The van der Waals surface area contributed by atoms with Gasteiger partial charge in [0.25, 0.3) is 0 Å². The van der Waals surface area contributed by atoms with Crippen LogP contribution in [0.25, 0.3) is 0 Å². The van der Waals surface area contributed by atoms with Gasteiger partial charge in [-0.3, -0.25) is 0 Å². The van der Waals surface area contributed by atoms with Gasteiger partial charge in [-0.05, 0) is 42.9 Å². The molecule has 0 amide bonds. The van der Waals surface area contributed by atoms with E-state index in [4.69, 9.17) is 11.6 Å². The van der Waals surface area contributed by atoms with E-state index in [9.17, 15) is 0 Å². The van der Waals surface area contributed by atoms with E-state index in [1.54, 1.807) is 0 Å². The Bertz CT molecular complexity index is 536. The van der Waals surface area contributed by atoms with E-state index in [0.717, 1.165) is 12.8 Å². The topological polar surface area (TPSA) is 0 Å². The third-order valence-electron chi connectivity index (χ3n) is 3.29. The van der Waals surface area contributed by atoms with Crippen molar-refractivity contribution in [2.75, 3.05) is 5.88 Å². The lowest BCUT2D eigenvalue weighted by Crippen LogP contribution is -2.10. The molecule has 0 bridgehead atoms. The maximum Gasteiger partial charge on any atom is 0.0258 e. The molecule has 0 heterocycles. The van der Waals surface area contributed by atoms with Crippen molar-refractivity contribution in [1.29, 1.82) is 0 Å². The van der Waals surface area contributed by atoms with Crippen LogP contribution in [0.2, 0.25) is 0 Å². The van der Waals surface area contributed by atoms with Crippen molar-refractivity contribution in [3.8, 4) is 0 Å². The van der Waals surface area contributed by atoms with Crippen LogP contribution in [0.5, 0.6) is 0 Å². The summed E-state index contributed by atoms with van der Waals surface area (Å²) < 4.78 is 1.18. The molecule has 0 spiro atoms. The molecule has 0 fully saturated rings. The molecular formula is C17H18BrCl. The van der Waals surface area contributed by atoms with E-state index < -0.39 is 0 Å². The van der Waals surface area contributed by atoms with Crippen LogP contribution in [-0.2, 0) is 12.8 Å². The van der Waals surface area contributed by atoms with Gasteiger partial charge in [-0.15, -0.1) is 11.6 Å². The minimum atomic E-state index is 0.474. The zero-order chi connectivity index (χ0) is 13.7. The van der Waals surface area contributed by atoms with Gasteiger partial charge in [-0.2, -0.15) is 0 Å². The molecule has 1 atom stereocenters. The lowest BCUT2D eigenvalue weighted by atomic mass is 9.93. The highest BCUT2D eigenvalue weighted by Gasteiger charge is 2.11. The van der Waals surface area contributed by atoms with Crippen LogP contribution in [0.3, 0.4) is 0 Å². The number of benzene rings is 2. The normalized spacial score (nSPS) is 12.4. The maximum absolute atomic E-state index is 6.14. The molecule has 2 rings (SSSR count). The Morgan fingerprint density at radius 3 is 2.53 bits per heavy atom. The van der Waals surface area contributed by atoms with Gasteiger partial charge in [-0.25, -0.2) is 0 Å². The monoisotopic (exact) mass is 336 g/mol. The number of halogens is 2. The molecule has 0 aliphatic heterocycles. The highest BCUT2D eigenvalue weighted by molar-refractivity contribution is 9.10. The van der Waals surface area contributed by atoms with E-state index in [1.165, 1.54) is 21.2 Å². The van der Waals surface area contributed by atoms with E-state index in [0.29, 0.717) is 11.8 Å². The third-order valence-corrected chi connectivity index (χ3v) is 4.50. The fourth-order valence-corrected chi connectivity index (χ4v) is 2.99. The summed E-state index contributed by atoms with van der Waals surface area (Å²) in [5.41, 5.74) is 4.02. The van der Waals surface area contributed by atoms with Gasteiger partial charge in [0.2, 0.25) is 0 Å². The lowest BCUT2D eigenvalue weighted by Gasteiger charge is -2.15. The van der Waals surface area contributed by atoms with Crippen molar-refractivity contribution in [3.63, 3.8) is 0 Å². The van der Waals surface area contributed by atoms with Crippen molar-refractivity contribution < 1.29 is 0 Å². The van der Waals surface area contributed by atoms with Crippen molar-refractivity contribution in [3.05, 3.63) is 69.7 Å². The summed E-state index contributed by atoms with van der Waals surface area (Å²) in [6.45, 7) is 2.13. The SMILES string of the molecule is Cc1cccc(CC(CCl)Cc2ccccc2Br)c1. The number of rotatable bonds is 5. The fourth-order valence-electron chi connectivity index (χ4n) is 2.33. The molecular weight excluding hydrogens is 320 g/mol. The Morgan fingerprint density at radius 1 is 1.05 bits per heavy atom. The first-order valence-corrected chi connectivity index (χ1v) is 7.86. The Labute approximate surface area is 128 Å². The number of hydrogen-bond donors (Lipinski definition) is 0. The van der Waals surface area contributed by atoms with Gasteiger partial charge in [0.15, 0.2) is 0 Å². The van der Waals surface area contributed by atoms with Crippen LogP contribution in [0.4, 0.5) is 0 Å². The second-order valence-corrected chi connectivity index (χ2v) is 6.17. The van der Waals surface area contributed by atoms with E-state index in [2.05, 4.69) is 65.3 Å². The summed E-state index contributed by atoms with van der Waals surface area (Å²) in [7, 11) is 0. The zero-order valence-electron chi connectivity index (χ0n) is 11.1. The molecule has 0 aromatic heterocycles. The summed E-state index contributed by atoms with van der Waals surface area (Å²) >= 11 is 9.75. The van der Waals surface area contributed by atoms with Crippen molar-refractivity contribution >= 4 is 27.5 Å². The third kappa shape index (κ3) is 4.36. The van der Waals surface area contributed by atoms with Crippen molar-refractivity contribution in [2.45, 2.75) is 19.8 Å². The van der Waals surface area contributed by atoms with Gasteiger partial charge in [0.1, 0.15) is 0 Å². The first-order valence-electron chi connectivity index (χ1n) is 6.54. The maximum atomic E-state index is 6.14. The molecule has 2 aromatic rings. The highest BCUT2D eigenvalue weighted by atomic mass is 79.9. The molecule has 2 heteroatoms. The Hall–Kier alpha value is -0.790. The molecule has 0 nitrogen and oxygen atoms in total. The van der Waals surface area contributed by atoms with Gasteiger partial charge in [0.05, 0.1) is 0 Å². The molecule has 0 N–H and O–H groups in total. The minimum Gasteiger partial charge on any atom is -0.126 e. The highest BCUT2D eigenvalue weighted by Crippen LogP contribution is 2.22. The van der Waals surface area contributed by atoms with E-state index in [1.807, 2.05) is 6.07 Å². The Morgan fingerprint density at radius 2 is 1.84 bits per heavy atom. The van der Waals surface area contributed by atoms with Crippen LogP contribution < -0.4 is 0 Å². The predicted molar refractivity (Wildman–Crippen MR) is 86.9 cm³/mol. The molecule has 0 radical (unpaired) electrons. The van der Waals surface area contributed by atoms with E-state index in [-0.39, 0.29) is 0 Å². The number of hydrogen-bond acceptors (Lipinski definition) is 0. The molecule has 0 aliphatic carbocycles. The fraction of sp³-hybridized carbons (Fsp3) is 0.294. The molecule has 0 aliphatic rings. The van der Waals surface area contributed by atoms with Gasteiger partial charge in [-0.1, -0.05) is 64.0 Å². The number of aryl methyl sites for hydroxylation is 1. The summed E-state index contributed by atoms with van der Waals surface area (Å²) in [6.07, 6.45) is 2.05. The van der Waals surface area contributed by atoms with Crippen molar-refractivity contribution in [2.24, 2.45) is 5.92 Å². The molecule has 0 saturated carbocycles. The average molecular weight is 338 g/mol. The Kier molecular flexibility index (Phi) is 5.47. The number of alkyl halides is 1. The van der Waals surface area contributed by atoms with Crippen LogP contribution in [0.15, 0.2) is 53.0 Å². The minimum absolute atomic E-state index is 0.474. The second-order valence-electron chi connectivity index (χ2n) is 5.01. The van der Waals surface area contributed by atoms with Crippen LogP contribution in [0, 0.1) is 12.8 Å². The quantitative estimate of drug-likeness (QED) is 0.641. The standard InChI is InChI=1S/C17H18BrCl/c1-13-5-4-6-14(9-13)10-15(12-19)11-16-7-2-3-8-17(16)18/h2-9,15H,10-12H2,1H3. The summed E-state index contributed by atoms with van der Waals surface area (Å²) in [5, 5.41) is 0. The lowest BCUT2D eigenvalue weighted by molar-refractivity contribution is 0.582. The van der Waals surface area contributed by atoms with Gasteiger partial charge < -0.3 is 0 Å². The van der Waals surface area contributed by atoms with Crippen LogP contribution in [0.1, 0.15) is 16.7 Å². The molecule has 2 aromatic carbocycles. The zero-order valence-corrected chi connectivity index (χ0v) is 13.4. The van der Waals surface area contributed by atoms with Crippen LogP contribution >= 0.6 is 27.5 Å².